The molecule has 0 aromatic rings. The molecule has 6 aliphatic heterocycles. The van der Waals surface area contributed by atoms with Gasteiger partial charge in [0.2, 0.25) is 6.29 Å². The van der Waals surface area contributed by atoms with E-state index in [2.05, 4.69) is 33.8 Å². The van der Waals surface area contributed by atoms with Crippen LogP contribution in [0.2, 0.25) is 0 Å². The van der Waals surface area contributed by atoms with Crippen molar-refractivity contribution in [3.05, 3.63) is 11.6 Å². The number of ether oxygens (including phenoxy) is 12. The molecule has 540 valence electrons. The zero-order valence-electron chi connectivity index (χ0n) is 54.2. The molecule has 31 heteroatoms. The Kier molecular flexibility index (Phi) is 20.9. The second-order valence-electron chi connectivity index (χ2n) is 30.8. The highest BCUT2D eigenvalue weighted by molar-refractivity contribution is 5.79. The van der Waals surface area contributed by atoms with Crippen LogP contribution in [-0.2, 0) is 61.6 Å². The Morgan fingerprint density at radius 2 is 1.15 bits per heavy atom. The minimum atomic E-state index is -2.13. The van der Waals surface area contributed by atoms with E-state index in [1.165, 1.54) is 13.8 Å². The lowest BCUT2D eigenvalue weighted by Gasteiger charge is -2.72. The molecule has 10 fully saturated rings. The van der Waals surface area contributed by atoms with Crippen LogP contribution in [0.4, 0.5) is 0 Å². The summed E-state index contributed by atoms with van der Waals surface area (Å²) in [6, 6.07) is 0. The van der Waals surface area contributed by atoms with E-state index in [0.29, 0.717) is 38.5 Å². The van der Waals surface area contributed by atoms with Gasteiger partial charge in [0.15, 0.2) is 37.6 Å². The minimum Gasteiger partial charge on any atom is -0.432 e. The zero-order chi connectivity index (χ0) is 68.6. The molecule has 11 aliphatic rings. The Morgan fingerprint density at radius 3 is 1.80 bits per heavy atom. The number of aliphatic hydroxyl groups excluding tert-OH is 17. The molecule has 11 rings (SSSR count). The van der Waals surface area contributed by atoms with Crippen LogP contribution in [-0.4, -0.2) is 315 Å². The lowest BCUT2D eigenvalue weighted by molar-refractivity contribution is -0.382. The second kappa shape index (κ2) is 26.8. The van der Waals surface area contributed by atoms with E-state index in [1.54, 1.807) is 6.92 Å². The molecule has 31 nitrogen and oxygen atoms in total. The minimum absolute atomic E-state index is 0.0865. The Hall–Kier alpha value is -1.95. The van der Waals surface area contributed by atoms with Crippen LogP contribution in [0.15, 0.2) is 11.6 Å². The average Bonchev–Trinajstić information content (AvgIpc) is 0.708. The highest BCUT2D eigenvalue weighted by Gasteiger charge is 2.74. The summed E-state index contributed by atoms with van der Waals surface area (Å²) in [5, 5.41) is 200. The summed E-state index contributed by atoms with van der Waals surface area (Å²) in [5.41, 5.74) is -6.15. The van der Waals surface area contributed by atoms with Crippen molar-refractivity contribution in [1.82, 2.24) is 0 Å². The van der Waals surface area contributed by atoms with Gasteiger partial charge in [-0.25, -0.2) is 0 Å². The molecular weight excluding hydrogens is 1250 g/mol. The van der Waals surface area contributed by atoms with Crippen molar-refractivity contribution < 1.29 is 154 Å². The molecule has 0 radical (unpaired) electrons. The molecule has 0 aromatic heterocycles. The summed E-state index contributed by atoms with van der Waals surface area (Å²) < 4.78 is 71.5. The van der Waals surface area contributed by atoms with Gasteiger partial charge in [0, 0.05) is 11.3 Å². The number of esters is 1. The number of hydrogen-bond donors (Lipinski definition) is 18. The fourth-order valence-electron chi connectivity index (χ4n) is 18.9. The van der Waals surface area contributed by atoms with Crippen LogP contribution in [0.25, 0.3) is 0 Å². The van der Waals surface area contributed by atoms with Gasteiger partial charge < -0.3 is 149 Å². The largest absolute Gasteiger partial charge is 0.432 e. The third-order valence-electron chi connectivity index (χ3n) is 24.5. The quantitative estimate of drug-likeness (QED) is 0.0413. The van der Waals surface area contributed by atoms with Gasteiger partial charge in [-0.1, -0.05) is 53.2 Å². The summed E-state index contributed by atoms with van der Waals surface area (Å²) in [5.74, 6) is -2.01. The van der Waals surface area contributed by atoms with Crippen molar-refractivity contribution in [3.8, 4) is 0 Å². The van der Waals surface area contributed by atoms with Crippen LogP contribution in [0.5, 0.6) is 0 Å². The van der Waals surface area contributed by atoms with Crippen molar-refractivity contribution >= 4 is 5.97 Å². The smallest absolute Gasteiger partial charge is 0.315 e. The third kappa shape index (κ3) is 12.1. The normalized spacial score (nSPS) is 55.9. The van der Waals surface area contributed by atoms with Crippen LogP contribution < -0.4 is 0 Å². The first-order chi connectivity index (χ1) is 44.0. The first-order valence-electron chi connectivity index (χ1n) is 33.1. The summed E-state index contributed by atoms with van der Waals surface area (Å²) in [6.45, 7) is 11.3. The van der Waals surface area contributed by atoms with Crippen LogP contribution in [0.3, 0.4) is 0 Å². The molecule has 0 bridgehead atoms. The van der Waals surface area contributed by atoms with Crippen molar-refractivity contribution in [3.63, 3.8) is 0 Å². The standard InChI is InChI=1S/C63H102O31/c1-24-34(70)37(73)40(76)51(86-24)91-45-32(89-55-48(80)63(82,22-66)23-85-55)20-84-50(43(45)79)90-44-25(2)87-52(42(78)39(44)75)92-46-35(71)30(69)19-83-54(46)94-56(81)62-13-11-57(3,4)15-27(62)26-9-10-33-58(5)16-29(68)49(93-53-41(77)38(74)36(72)31(18-64)88-53)59(6,21-65)47(58)28(67)17-61(33,8)60(26,7)12-14-62/h9,24-25,27-55,64-80,82H,10-23H2,1-8H3. The maximum atomic E-state index is 15.5. The Balaban J connectivity index is 0.794. The molecule has 37 atom stereocenters. The summed E-state index contributed by atoms with van der Waals surface area (Å²) >= 11 is 0. The molecule has 5 aliphatic carbocycles. The molecule has 6 heterocycles. The van der Waals surface area contributed by atoms with E-state index < -0.39 is 262 Å². The molecule has 37 unspecified atom stereocenters. The van der Waals surface area contributed by atoms with E-state index >= 15 is 4.79 Å². The first-order valence-corrected chi connectivity index (χ1v) is 33.1. The molecule has 0 spiro atoms. The predicted molar refractivity (Wildman–Crippen MR) is 311 cm³/mol. The zero-order valence-corrected chi connectivity index (χ0v) is 54.2. The fraction of sp³-hybridized carbons (Fsp3) is 0.952. The van der Waals surface area contributed by atoms with Gasteiger partial charge in [0.1, 0.15) is 103 Å². The predicted octanol–water partition coefficient (Wildman–Crippen LogP) is -5.50. The number of carbonyl (C=O) groups is 1. The van der Waals surface area contributed by atoms with E-state index in [0.717, 1.165) is 5.57 Å². The fourth-order valence-corrected chi connectivity index (χ4v) is 18.9. The third-order valence-corrected chi connectivity index (χ3v) is 24.5. The Bertz CT molecular complexity index is 2680. The maximum Gasteiger partial charge on any atom is 0.315 e. The monoisotopic (exact) mass is 1350 g/mol. The molecule has 94 heavy (non-hydrogen) atoms. The van der Waals surface area contributed by atoms with Gasteiger partial charge in [-0.15, -0.1) is 0 Å². The summed E-state index contributed by atoms with van der Waals surface area (Å²) in [6.07, 6.45) is -40.2. The Morgan fingerprint density at radius 1 is 0.543 bits per heavy atom. The van der Waals surface area contributed by atoms with Crippen molar-refractivity contribution in [2.75, 3.05) is 39.6 Å². The van der Waals surface area contributed by atoms with Gasteiger partial charge in [-0.3, -0.25) is 4.79 Å². The number of allylic oxidation sites excluding steroid dienone is 2. The molecular formula is C63H102O31. The van der Waals surface area contributed by atoms with Crippen molar-refractivity contribution in [2.24, 2.45) is 50.2 Å². The number of fused-ring (bicyclic) bond motifs is 7. The average molecular weight is 1360 g/mol. The highest BCUT2D eigenvalue weighted by Crippen LogP contribution is 2.76. The van der Waals surface area contributed by atoms with Gasteiger partial charge in [0.25, 0.3) is 0 Å². The lowest BCUT2D eigenvalue weighted by Crippen LogP contribution is -2.72. The number of aliphatic hydroxyl groups is 18. The van der Waals surface area contributed by atoms with E-state index in [9.17, 15) is 91.9 Å². The molecule has 0 aromatic carbocycles. The van der Waals surface area contributed by atoms with Gasteiger partial charge >= 0.3 is 5.97 Å². The van der Waals surface area contributed by atoms with Gasteiger partial charge in [0.05, 0.1) is 75.6 Å². The number of hydrogen-bond acceptors (Lipinski definition) is 31. The maximum absolute atomic E-state index is 15.5. The van der Waals surface area contributed by atoms with E-state index in [-0.39, 0.29) is 24.2 Å². The number of carbonyl (C=O) groups excluding carboxylic acids is 1. The van der Waals surface area contributed by atoms with Crippen molar-refractivity contribution in [2.45, 2.75) is 284 Å². The highest BCUT2D eigenvalue weighted by atomic mass is 16.8. The van der Waals surface area contributed by atoms with Crippen molar-refractivity contribution in [1.29, 1.82) is 0 Å². The van der Waals surface area contributed by atoms with Gasteiger partial charge in [-0.2, -0.15) is 0 Å². The van der Waals surface area contributed by atoms with E-state index in [4.69, 9.17) is 56.8 Å². The van der Waals surface area contributed by atoms with E-state index in [1.807, 2.05) is 6.92 Å². The molecule has 18 N–H and O–H groups in total. The van der Waals surface area contributed by atoms with Crippen LogP contribution in [0.1, 0.15) is 107 Å². The summed E-state index contributed by atoms with van der Waals surface area (Å²) in [7, 11) is 0. The first kappa shape index (κ1) is 73.3. The molecule has 4 saturated carbocycles. The van der Waals surface area contributed by atoms with Crippen LogP contribution >= 0.6 is 0 Å². The van der Waals surface area contributed by atoms with Gasteiger partial charge in [-0.05, 0) is 98.7 Å². The lowest BCUT2D eigenvalue weighted by atomic mass is 9.33. The molecule has 0 amide bonds. The number of rotatable bonds is 15. The SMILES string of the molecule is CC1OC(OC2C(OC3OCC(O)(CO)C3O)COC(OC3C(C)OC(OC4C(OC(=O)C56CCC(C)(C)CC5C5=CCC7C8(C)CC(O)C(OC9OC(CO)C(O)C(O)C9O)C(C)(CO)C8C(O)CC7(C)C5(C)CC6)OCC(O)C4O)C(O)C3O)C2O)C(O)C(O)C1O. The molecule has 6 saturated heterocycles. The Labute approximate surface area is 543 Å². The topological polar surface area (TPSA) is 492 Å². The second-order valence-corrected chi connectivity index (χ2v) is 30.8. The van der Waals surface area contributed by atoms with Crippen LogP contribution in [0, 0.1) is 50.2 Å². The summed E-state index contributed by atoms with van der Waals surface area (Å²) in [4.78, 5) is 15.5.